The van der Waals surface area contributed by atoms with Gasteiger partial charge in [0.2, 0.25) is 10.0 Å². The van der Waals surface area contributed by atoms with Crippen LogP contribution in [0.25, 0.3) is 0 Å². The lowest BCUT2D eigenvalue weighted by Crippen LogP contribution is -2.30. The molecule has 3 rings (SSSR count). The molecule has 1 saturated heterocycles. The highest BCUT2D eigenvalue weighted by atomic mass is 79.9. The summed E-state index contributed by atoms with van der Waals surface area (Å²) in [5.74, 6) is 1.40. The molecule has 1 aliphatic heterocycles. The van der Waals surface area contributed by atoms with Crippen molar-refractivity contribution >= 4 is 49.3 Å². The number of ether oxygens (including phenoxy) is 1. The van der Waals surface area contributed by atoms with Gasteiger partial charge in [-0.25, -0.2) is 8.42 Å². The highest BCUT2D eigenvalue weighted by molar-refractivity contribution is 9.10. The monoisotopic (exact) mass is 447 g/mol. The first-order valence-corrected chi connectivity index (χ1v) is 10.8. The minimum absolute atomic E-state index is 0.246. The summed E-state index contributed by atoms with van der Waals surface area (Å²) in [6.45, 7) is 0.458. The van der Waals surface area contributed by atoms with Crippen molar-refractivity contribution < 1.29 is 13.2 Å². The Morgan fingerprint density at radius 2 is 1.96 bits per heavy atom. The van der Waals surface area contributed by atoms with Gasteiger partial charge in [0.15, 0.2) is 0 Å². The minimum atomic E-state index is -3.60. The highest BCUT2D eigenvalue weighted by Crippen LogP contribution is 2.45. The second kappa shape index (κ2) is 7.25. The number of benzene rings is 2. The summed E-state index contributed by atoms with van der Waals surface area (Å²) in [7, 11) is -2.02. The molecular weight excluding hydrogens is 434 g/mol. The van der Waals surface area contributed by atoms with Gasteiger partial charge in [0.05, 0.1) is 17.4 Å². The topological polar surface area (TPSA) is 46.6 Å². The van der Waals surface area contributed by atoms with E-state index in [4.69, 9.17) is 16.3 Å². The Balaban J connectivity index is 2.00. The van der Waals surface area contributed by atoms with Gasteiger partial charge in [0, 0.05) is 27.4 Å². The Morgan fingerprint density at radius 3 is 2.62 bits per heavy atom. The van der Waals surface area contributed by atoms with Crippen LogP contribution < -0.4 is 4.74 Å². The van der Waals surface area contributed by atoms with Crippen LogP contribution in [0.3, 0.4) is 0 Å². The van der Waals surface area contributed by atoms with E-state index in [0.29, 0.717) is 17.3 Å². The van der Waals surface area contributed by atoms with Crippen LogP contribution in [0.4, 0.5) is 0 Å². The van der Waals surface area contributed by atoms with E-state index in [0.717, 1.165) is 15.8 Å². The fourth-order valence-corrected chi connectivity index (χ4v) is 6.30. The summed E-state index contributed by atoms with van der Waals surface area (Å²) in [6, 6.07) is 11.9. The minimum Gasteiger partial charge on any atom is -0.496 e. The third-order valence-corrected chi connectivity index (χ3v) is 7.73. The van der Waals surface area contributed by atoms with E-state index >= 15 is 0 Å². The number of nitrogens with zero attached hydrogens (tertiary/aromatic N) is 1. The summed E-state index contributed by atoms with van der Waals surface area (Å²) < 4.78 is 33.9. The fraction of sp³-hybridized carbons (Fsp3) is 0.250. The average Bonchev–Trinajstić information content (AvgIpc) is 3.05. The third-order valence-electron chi connectivity index (χ3n) is 3.73. The van der Waals surface area contributed by atoms with Crippen LogP contribution in [0.1, 0.15) is 10.9 Å². The van der Waals surface area contributed by atoms with Crippen LogP contribution in [0.2, 0.25) is 5.02 Å². The Hall–Kier alpha value is -0.730. The number of thioether (sulfide) groups is 1. The molecule has 1 fully saturated rings. The molecule has 0 saturated carbocycles. The summed E-state index contributed by atoms with van der Waals surface area (Å²) in [4.78, 5) is 0.246. The number of hydrogen-bond donors (Lipinski definition) is 0. The second-order valence-corrected chi connectivity index (χ2v) is 9.61. The Bertz CT molecular complexity index is 843. The van der Waals surface area contributed by atoms with E-state index in [1.165, 1.54) is 16.4 Å². The highest BCUT2D eigenvalue weighted by Gasteiger charge is 2.38. The number of sulfonamides is 1. The molecule has 4 nitrogen and oxygen atoms in total. The maximum Gasteiger partial charge on any atom is 0.244 e. The van der Waals surface area contributed by atoms with E-state index < -0.39 is 10.0 Å². The standard InChI is InChI=1S/C16H15BrClNO3S2/c1-22-15-10-11(17)2-7-14(15)16-19(8-9-23-16)24(20,21)13-5-3-12(18)4-6-13/h2-7,10,16H,8-9H2,1H3. The zero-order valence-corrected chi connectivity index (χ0v) is 16.8. The van der Waals surface area contributed by atoms with Crippen LogP contribution in [0.5, 0.6) is 5.75 Å². The largest absolute Gasteiger partial charge is 0.496 e. The molecule has 1 unspecified atom stereocenters. The lowest BCUT2D eigenvalue weighted by molar-refractivity contribution is 0.390. The first-order valence-electron chi connectivity index (χ1n) is 7.16. The van der Waals surface area contributed by atoms with E-state index in [9.17, 15) is 8.42 Å². The Morgan fingerprint density at radius 1 is 1.25 bits per heavy atom. The second-order valence-electron chi connectivity index (χ2n) is 5.18. The molecule has 0 N–H and O–H groups in total. The van der Waals surface area contributed by atoms with Gasteiger partial charge in [-0.1, -0.05) is 33.6 Å². The molecular formula is C16H15BrClNO3S2. The third kappa shape index (κ3) is 3.46. The quantitative estimate of drug-likeness (QED) is 0.688. The van der Waals surface area contributed by atoms with Crippen molar-refractivity contribution in [2.24, 2.45) is 0 Å². The summed E-state index contributed by atoms with van der Waals surface area (Å²) in [5, 5.41) is 0.199. The molecule has 0 radical (unpaired) electrons. The van der Waals surface area contributed by atoms with Crippen LogP contribution in [0.15, 0.2) is 51.8 Å². The fourth-order valence-electron chi connectivity index (χ4n) is 2.58. The van der Waals surface area contributed by atoms with E-state index in [1.807, 2.05) is 18.2 Å². The van der Waals surface area contributed by atoms with Crippen molar-refractivity contribution in [2.45, 2.75) is 10.3 Å². The van der Waals surface area contributed by atoms with Gasteiger partial charge in [0.25, 0.3) is 0 Å². The van der Waals surface area contributed by atoms with Crippen molar-refractivity contribution in [1.29, 1.82) is 0 Å². The smallest absolute Gasteiger partial charge is 0.244 e. The number of methoxy groups -OCH3 is 1. The lowest BCUT2D eigenvalue weighted by Gasteiger charge is -2.25. The maximum absolute atomic E-state index is 13.0. The Labute approximate surface area is 159 Å². The number of rotatable bonds is 4. The van der Waals surface area contributed by atoms with E-state index in [-0.39, 0.29) is 10.3 Å². The van der Waals surface area contributed by atoms with Crippen molar-refractivity contribution in [2.75, 3.05) is 19.4 Å². The van der Waals surface area contributed by atoms with Crippen LogP contribution in [0, 0.1) is 0 Å². The van der Waals surface area contributed by atoms with Gasteiger partial charge in [-0.15, -0.1) is 11.8 Å². The van der Waals surface area contributed by atoms with Gasteiger partial charge in [0.1, 0.15) is 5.75 Å². The van der Waals surface area contributed by atoms with Crippen molar-refractivity contribution in [1.82, 2.24) is 4.31 Å². The summed E-state index contributed by atoms with van der Waals surface area (Å²) >= 11 is 10.9. The van der Waals surface area contributed by atoms with Crippen LogP contribution in [-0.4, -0.2) is 32.1 Å². The van der Waals surface area contributed by atoms with Crippen molar-refractivity contribution in [3.8, 4) is 5.75 Å². The van der Waals surface area contributed by atoms with Gasteiger partial charge >= 0.3 is 0 Å². The molecule has 8 heteroatoms. The molecule has 0 aromatic heterocycles. The van der Waals surface area contributed by atoms with Gasteiger partial charge < -0.3 is 4.74 Å². The average molecular weight is 449 g/mol. The zero-order chi connectivity index (χ0) is 17.3. The SMILES string of the molecule is COc1cc(Br)ccc1C1SCCN1S(=O)(=O)c1ccc(Cl)cc1. The molecule has 1 atom stereocenters. The molecule has 0 spiro atoms. The van der Waals surface area contributed by atoms with Crippen LogP contribution >= 0.6 is 39.3 Å². The normalized spacial score (nSPS) is 18.7. The molecule has 2 aromatic rings. The predicted molar refractivity (Wildman–Crippen MR) is 101 cm³/mol. The van der Waals surface area contributed by atoms with E-state index in [2.05, 4.69) is 15.9 Å². The van der Waals surface area contributed by atoms with Gasteiger partial charge in [-0.2, -0.15) is 4.31 Å². The van der Waals surface area contributed by atoms with E-state index in [1.54, 1.807) is 31.0 Å². The molecule has 0 bridgehead atoms. The first kappa shape index (κ1) is 18.1. The van der Waals surface area contributed by atoms with Crippen molar-refractivity contribution in [3.63, 3.8) is 0 Å². The maximum atomic E-state index is 13.0. The lowest BCUT2D eigenvalue weighted by atomic mass is 10.2. The molecule has 128 valence electrons. The molecule has 24 heavy (non-hydrogen) atoms. The summed E-state index contributed by atoms with van der Waals surface area (Å²) in [5.41, 5.74) is 0.848. The molecule has 1 aliphatic rings. The van der Waals surface area contributed by atoms with Crippen molar-refractivity contribution in [3.05, 3.63) is 57.5 Å². The number of hydrogen-bond acceptors (Lipinski definition) is 4. The van der Waals surface area contributed by atoms with Gasteiger partial charge in [-0.05, 0) is 36.4 Å². The Kier molecular flexibility index (Phi) is 5.46. The first-order chi connectivity index (χ1) is 11.4. The zero-order valence-electron chi connectivity index (χ0n) is 12.8. The molecule has 0 aliphatic carbocycles. The van der Waals surface area contributed by atoms with Crippen LogP contribution in [-0.2, 0) is 10.0 Å². The molecule has 0 amide bonds. The molecule has 1 heterocycles. The number of halogens is 2. The predicted octanol–water partition coefficient (Wildman–Crippen LogP) is 4.55. The van der Waals surface area contributed by atoms with Gasteiger partial charge in [-0.3, -0.25) is 0 Å². The summed E-state index contributed by atoms with van der Waals surface area (Å²) in [6.07, 6.45) is 0. The molecule has 2 aromatic carbocycles.